The van der Waals surface area contributed by atoms with Crippen LogP contribution in [0.1, 0.15) is 18.1 Å². The van der Waals surface area contributed by atoms with Crippen LogP contribution in [0.5, 0.6) is 5.75 Å². The van der Waals surface area contributed by atoms with Gasteiger partial charge in [0, 0.05) is 11.1 Å². The molecule has 2 aromatic carbocycles. The summed E-state index contributed by atoms with van der Waals surface area (Å²) in [6, 6.07) is 16.6. The van der Waals surface area contributed by atoms with E-state index in [4.69, 9.17) is 16.3 Å². The third-order valence-corrected chi connectivity index (χ3v) is 3.84. The number of likely N-dealkylation sites (N-methyl/N-ethyl adjacent to an activating group) is 1. The number of benzene rings is 2. The smallest absolute Gasteiger partial charge is 0.119 e. The number of hydrogen-bond acceptors (Lipinski definition) is 2. The number of nitrogens with one attached hydrogen (secondary N) is 1. The van der Waals surface area contributed by atoms with E-state index < -0.39 is 0 Å². The fourth-order valence-electron chi connectivity index (χ4n) is 2.17. The number of ether oxygens (including phenoxy) is 1. The molecule has 0 aliphatic rings. The quantitative estimate of drug-likeness (QED) is 0.831. The molecule has 3 heteroatoms. The zero-order valence-corrected chi connectivity index (χ0v) is 13.4. The van der Waals surface area contributed by atoms with Crippen molar-refractivity contribution in [3.05, 3.63) is 64.7 Å². The topological polar surface area (TPSA) is 21.3 Å². The van der Waals surface area contributed by atoms with Crippen LogP contribution in [0.2, 0.25) is 5.02 Å². The van der Waals surface area contributed by atoms with Crippen LogP contribution in [0.3, 0.4) is 0 Å². The van der Waals surface area contributed by atoms with Crippen molar-refractivity contribution in [2.75, 3.05) is 13.7 Å². The minimum absolute atomic E-state index is 0.285. The Morgan fingerprint density at radius 3 is 2.19 bits per heavy atom. The second-order valence-corrected chi connectivity index (χ2v) is 5.56. The van der Waals surface area contributed by atoms with Crippen LogP contribution >= 0.6 is 11.6 Å². The zero-order valence-electron chi connectivity index (χ0n) is 12.6. The summed E-state index contributed by atoms with van der Waals surface area (Å²) >= 11 is 5.87. The van der Waals surface area contributed by atoms with Crippen molar-refractivity contribution in [3.8, 4) is 5.75 Å². The Morgan fingerprint density at radius 2 is 1.62 bits per heavy atom. The van der Waals surface area contributed by atoms with Crippen molar-refractivity contribution in [1.82, 2.24) is 5.32 Å². The lowest BCUT2D eigenvalue weighted by molar-refractivity contribution is 0.270. The minimum atomic E-state index is 0.285. The highest BCUT2D eigenvalue weighted by molar-refractivity contribution is 6.30. The van der Waals surface area contributed by atoms with Crippen LogP contribution in [0.25, 0.3) is 0 Å². The number of halogens is 1. The molecule has 0 bridgehead atoms. The van der Waals surface area contributed by atoms with Crippen molar-refractivity contribution in [3.63, 3.8) is 0 Å². The second kappa shape index (κ2) is 8.06. The molecule has 0 aromatic heterocycles. The number of rotatable bonds is 7. The summed E-state index contributed by atoms with van der Waals surface area (Å²) in [6.45, 7) is 2.80. The van der Waals surface area contributed by atoms with E-state index in [2.05, 4.69) is 36.5 Å². The molecule has 21 heavy (non-hydrogen) atoms. The molecule has 0 saturated heterocycles. The van der Waals surface area contributed by atoms with Crippen molar-refractivity contribution >= 4 is 11.6 Å². The Morgan fingerprint density at radius 1 is 1.00 bits per heavy atom. The Labute approximate surface area is 132 Å². The molecular formula is C18H22ClNO. The monoisotopic (exact) mass is 303 g/mol. The summed E-state index contributed by atoms with van der Waals surface area (Å²) in [5.74, 6) is 0.848. The fraction of sp³-hybridized carbons (Fsp3) is 0.333. The third-order valence-electron chi connectivity index (χ3n) is 3.59. The Kier molecular flexibility index (Phi) is 6.09. The van der Waals surface area contributed by atoms with Gasteiger partial charge >= 0.3 is 0 Å². The molecule has 0 heterocycles. The van der Waals surface area contributed by atoms with Gasteiger partial charge in [-0.1, -0.05) is 42.8 Å². The third kappa shape index (κ3) is 5.07. The van der Waals surface area contributed by atoms with E-state index in [9.17, 15) is 0 Å². The largest absolute Gasteiger partial charge is 0.492 e. The maximum Gasteiger partial charge on any atom is 0.119 e. The van der Waals surface area contributed by atoms with Gasteiger partial charge in [0.2, 0.25) is 0 Å². The SMILES string of the molecule is CCc1ccc(CC(COc2ccc(Cl)cc2)NC)cc1. The van der Waals surface area contributed by atoms with Gasteiger partial charge in [0.15, 0.2) is 0 Å². The molecule has 1 unspecified atom stereocenters. The Bertz CT molecular complexity index is 536. The molecule has 0 fully saturated rings. The van der Waals surface area contributed by atoms with E-state index >= 15 is 0 Å². The minimum Gasteiger partial charge on any atom is -0.492 e. The van der Waals surface area contributed by atoms with Gasteiger partial charge in [0.1, 0.15) is 12.4 Å². The lowest BCUT2D eigenvalue weighted by atomic mass is 10.0. The van der Waals surface area contributed by atoms with E-state index in [1.54, 1.807) is 0 Å². The van der Waals surface area contributed by atoms with Crippen molar-refractivity contribution in [2.45, 2.75) is 25.8 Å². The van der Waals surface area contributed by atoms with Gasteiger partial charge in [-0.05, 0) is 55.3 Å². The fourth-order valence-corrected chi connectivity index (χ4v) is 2.29. The Balaban J connectivity index is 1.88. The summed E-state index contributed by atoms with van der Waals surface area (Å²) in [4.78, 5) is 0. The summed E-state index contributed by atoms with van der Waals surface area (Å²) < 4.78 is 5.81. The van der Waals surface area contributed by atoms with Gasteiger partial charge in [-0.3, -0.25) is 0 Å². The first-order chi connectivity index (χ1) is 10.2. The maximum atomic E-state index is 5.87. The van der Waals surface area contributed by atoms with Crippen LogP contribution in [-0.4, -0.2) is 19.7 Å². The molecule has 2 rings (SSSR count). The van der Waals surface area contributed by atoms with Crippen LogP contribution in [-0.2, 0) is 12.8 Å². The molecule has 1 atom stereocenters. The predicted octanol–water partition coefficient (Wildman–Crippen LogP) is 4.11. The van der Waals surface area contributed by atoms with Gasteiger partial charge in [-0.15, -0.1) is 0 Å². The van der Waals surface area contributed by atoms with Crippen LogP contribution in [0.4, 0.5) is 0 Å². The average molecular weight is 304 g/mol. The van der Waals surface area contributed by atoms with Crippen LogP contribution in [0, 0.1) is 0 Å². The van der Waals surface area contributed by atoms with Crippen molar-refractivity contribution < 1.29 is 4.74 Å². The highest BCUT2D eigenvalue weighted by Crippen LogP contribution is 2.16. The van der Waals surface area contributed by atoms with Crippen LogP contribution in [0.15, 0.2) is 48.5 Å². The maximum absolute atomic E-state index is 5.87. The first-order valence-electron chi connectivity index (χ1n) is 7.34. The predicted molar refractivity (Wildman–Crippen MR) is 89.3 cm³/mol. The normalized spacial score (nSPS) is 12.1. The molecule has 1 N–H and O–H groups in total. The first-order valence-corrected chi connectivity index (χ1v) is 7.72. The van der Waals surface area contributed by atoms with Gasteiger partial charge in [0.25, 0.3) is 0 Å². The van der Waals surface area contributed by atoms with E-state index in [1.165, 1.54) is 11.1 Å². The highest BCUT2D eigenvalue weighted by Gasteiger charge is 2.08. The molecule has 2 nitrogen and oxygen atoms in total. The average Bonchev–Trinajstić information content (AvgIpc) is 2.53. The summed E-state index contributed by atoms with van der Waals surface area (Å²) in [6.07, 6.45) is 2.03. The van der Waals surface area contributed by atoms with Crippen LogP contribution < -0.4 is 10.1 Å². The van der Waals surface area contributed by atoms with Crippen molar-refractivity contribution in [2.24, 2.45) is 0 Å². The van der Waals surface area contributed by atoms with Gasteiger partial charge in [-0.25, -0.2) is 0 Å². The molecular weight excluding hydrogens is 282 g/mol. The van der Waals surface area contributed by atoms with E-state index in [1.807, 2.05) is 31.3 Å². The van der Waals surface area contributed by atoms with Gasteiger partial charge < -0.3 is 10.1 Å². The summed E-state index contributed by atoms with van der Waals surface area (Å²) in [5, 5.41) is 4.04. The second-order valence-electron chi connectivity index (χ2n) is 5.12. The molecule has 0 spiro atoms. The molecule has 112 valence electrons. The number of aryl methyl sites for hydroxylation is 1. The lowest BCUT2D eigenvalue weighted by Crippen LogP contribution is -2.33. The first kappa shape index (κ1) is 15.9. The van der Waals surface area contributed by atoms with Gasteiger partial charge in [-0.2, -0.15) is 0 Å². The summed E-state index contributed by atoms with van der Waals surface area (Å²) in [7, 11) is 1.97. The van der Waals surface area contributed by atoms with Gasteiger partial charge in [0.05, 0.1) is 0 Å². The zero-order chi connectivity index (χ0) is 15.1. The molecule has 0 aliphatic carbocycles. The van der Waals surface area contributed by atoms with E-state index in [0.29, 0.717) is 6.61 Å². The molecule has 0 saturated carbocycles. The number of hydrogen-bond donors (Lipinski definition) is 1. The lowest BCUT2D eigenvalue weighted by Gasteiger charge is -2.17. The van der Waals surface area contributed by atoms with Crippen molar-refractivity contribution in [1.29, 1.82) is 0 Å². The molecule has 0 amide bonds. The summed E-state index contributed by atoms with van der Waals surface area (Å²) in [5.41, 5.74) is 2.70. The standard InChI is InChI=1S/C18H22ClNO/c1-3-14-4-6-15(7-5-14)12-17(20-2)13-21-18-10-8-16(19)9-11-18/h4-11,17,20H,3,12-13H2,1-2H3. The molecule has 0 aliphatic heterocycles. The van der Waals surface area contributed by atoms with E-state index in [-0.39, 0.29) is 6.04 Å². The molecule has 2 aromatic rings. The molecule has 0 radical (unpaired) electrons. The highest BCUT2D eigenvalue weighted by atomic mass is 35.5. The van der Waals surface area contributed by atoms with E-state index in [0.717, 1.165) is 23.6 Å². The Hall–Kier alpha value is -1.51.